The Labute approximate surface area is 162 Å². The Hall–Kier alpha value is -2.22. The zero-order valence-electron chi connectivity index (χ0n) is 15.5. The summed E-state index contributed by atoms with van der Waals surface area (Å²) in [6.45, 7) is 6.54. The Kier molecular flexibility index (Phi) is 5.94. The van der Waals surface area contributed by atoms with Gasteiger partial charge in [-0.05, 0) is 25.5 Å². The molecule has 1 N–H and O–H groups in total. The summed E-state index contributed by atoms with van der Waals surface area (Å²) in [4.78, 5) is 27.3. The number of carboxylic acids is 1. The number of aromatic carboxylic acids is 1. The fraction of sp³-hybridized carbons (Fsp3) is 0.400. The van der Waals surface area contributed by atoms with Crippen LogP contribution in [-0.2, 0) is 14.3 Å². The molecule has 144 valence electrons. The summed E-state index contributed by atoms with van der Waals surface area (Å²) in [6.07, 6.45) is -1.01. The van der Waals surface area contributed by atoms with E-state index in [0.29, 0.717) is 18.9 Å². The minimum atomic E-state index is -1.06. The third-order valence-electron chi connectivity index (χ3n) is 4.24. The fourth-order valence-electron chi connectivity index (χ4n) is 2.97. The lowest BCUT2D eigenvalue weighted by atomic mass is 10.1. The topological polar surface area (TPSA) is 76.1 Å². The van der Waals surface area contributed by atoms with Crippen molar-refractivity contribution < 1.29 is 24.2 Å². The Bertz CT molecular complexity index is 809. The maximum atomic E-state index is 13.1. The van der Waals surface area contributed by atoms with Crippen LogP contribution in [0.5, 0.6) is 0 Å². The first-order valence-electron chi connectivity index (χ1n) is 8.87. The monoisotopic (exact) mass is 389 g/mol. The standard InChI is InChI=1S/C20H23NO5S/c1-12(2)21(18(22)20-25-10-13(3)11-26-20)15-9-16(27-17(15)19(23)24)14-7-5-4-6-8-14/h4-9,12-13,20H,10-11H2,1-3H3,(H,23,24). The van der Waals surface area contributed by atoms with Crippen molar-refractivity contribution in [3.63, 3.8) is 0 Å². The van der Waals surface area contributed by atoms with E-state index < -0.39 is 12.3 Å². The maximum absolute atomic E-state index is 13.1. The van der Waals surface area contributed by atoms with Gasteiger partial charge in [0.1, 0.15) is 4.88 Å². The zero-order chi connectivity index (χ0) is 19.6. The summed E-state index contributed by atoms with van der Waals surface area (Å²) in [5.41, 5.74) is 1.28. The number of hydrogen-bond donors (Lipinski definition) is 1. The van der Waals surface area contributed by atoms with Gasteiger partial charge >= 0.3 is 5.97 Å². The predicted octanol–water partition coefficient (Wildman–Crippen LogP) is 3.86. The van der Waals surface area contributed by atoms with Gasteiger partial charge in [0.25, 0.3) is 5.91 Å². The van der Waals surface area contributed by atoms with Crippen molar-refractivity contribution in [2.45, 2.75) is 33.1 Å². The Morgan fingerprint density at radius 1 is 1.19 bits per heavy atom. The number of nitrogens with zero attached hydrogens (tertiary/aromatic N) is 1. The average Bonchev–Trinajstić information content (AvgIpc) is 3.08. The molecule has 0 bridgehead atoms. The molecular formula is C20H23NO5S. The van der Waals surface area contributed by atoms with Crippen LogP contribution in [-0.4, -0.2) is 42.5 Å². The van der Waals surface area contributed by atoms with Gasteiger partial charge in [0, 0.05) is 16.8 Å². The summed E-state index contributed by atoms with van der Waals surface area (Å²) < 4.78 is 11.1. The van der Waals surface area contributed by atoms with E-state index in [-0.39, 0.29) is 22.7 Å². The normalized spacial score (nSPS) is 19.9. The second-order valence-corrected chi connectivity index (χ2v) is 7.95. The van der Waals surface area contributed by atoms with Crippen LogP contribution in [0.4, 0.5) is 5.69 Å². The fourth-order valence-corrected chi connectivity index (χ4v) is 3.96. The van der Waals surface area contributed by atoms with Crippen LogP contribution in [0.25, 0.3) is 10.4 Å². The Balaban J connectivity index is 1.98. The smallest absolute Gasteiger partial charge is 0.348 e. The van der Waals surface area contributed by atoms with E-state index in [9.17, 15) is 14.7 Å². The lowest BCUT2D eigenvalue weighted by Gasteiger charge is -2.33. The van der Waals surface area contributed by atoms with Crippen molar-refractivity contribution in [1.29, 1.82) is 0 Å². The van der Waals surface area contributed by atoms with Gasteiger partial charge in [-0.1, -0.05) is 37.3 Å². The second-order valence-electron chi connectivity index (χ2n) is 6.90. The number of ether oxygens (including phenoxy) is 2. The van der Waals surface area contributed by atoms with Gasteiger partial charge < -0.3 is 19.5 Å². The van der Waals surface area contributed by atoms with E-state index in [0.717, 1.165) is 21.8 Å². The summed E-state index contributed by atoms with van der Waals surface area (Å²) in [6, 6.07) is 11.0. The van der Waals surface area contributed by atoms with Crippen molar-refractivity contribution in [2.24, 2.45) is 5.92 Å². The number of rotatable bonds is 5. The first-order valence-corrected chi connectivity index (χ1v) is 9.69. The molecule has 1 amide bonds. The van der Waals surface area contributed by atoms with Crippen LogP contribution >= 0.6 is 11.3 Å². The van der Waals surface area contributed by atoms with Gasteiger partial charge in [-0.25, -0.2) is 4.79 Å². The van der Waals surface area contributed by atoms with Gasteiger partial charge in [-0.3, -0.25) is 4.79 Å². The highest BCUT2D eigenvalue weighted by atomic mass is 32.1. The van der Waals surface area contributed by atoms with E-state index in [1.54, 1.807) is 6.07 Å². The van der Waals surface area contributed by atoms with Crippen molar-refractivity contribution in [3.8, 4) is 10.4 Å². The molecule has 7 heteroatoms. The number of carbonyl (C=O) groups excluding carboxylic acids is 1. The van der Waals surface area contributed by atoms with Gasteiger partial charge in [0.15, 0.2) is 0 Å². The molecule has 0 unspecified atom stereocenters. The molecule has 3 rings (SSSR count). The number of anilines is 1. The SMILES string of the molecule is CC1COC(C(=O)N(c2cc(-c3ccccc3)sc2C(=O)O)C(C)C)OC1. The molecule has 0 aliphatic carbocycles. The van der Waals surface area contributed by atoms with Crippen LogP contribution in [0.3, 0.4) is 0 Å². The van der Waals surface area contributed by atoms with Gasteiger partial charge in [0.05, 0.1) is 18.9 Å². The minimum Gasteiger partial charge on any atom is -0.477 e. The molecule has 0 spiro atoms. The quantitative estimate of drug-likeness (QED) is 0.840. The molecule has 6 nitrogen and oxygen atoms in total. The number of benzene rings is 1. The molecule has 2 aromatic rings. The number of amides is 1. The summed E-state index contributed by atoms with van der Waals surface area (Å²) >= 11 is 1.16. The molecule has 0 radical (unpaired) electrons. The van der Waals surface area contributed by atoms with E-state index in [1.807, 2.05) is 51.1 Å². The predicted molar refractivity (Wildman–Crippen MR) is 104 cm³/mol. The molecular weight excluding hydrogens is 366 g/mol. The maximum Gasteiger partial charge on any atom is 0.348 e. The van der Waals surface area contributed by atoms with Crippen molar-refractivity contribution in [2.75, 3.05) is 18.1 Å². The Morgan fingerprint density at radius 2 is 1.81 bits per heavy atom. The van der Waals surface area contributed by atoms with Crippen LogP contribution in [0, 0.1) is 5.92 Å². The Morgan fingerprint density at radius 3 is 2.37 bits per heavy atom. The molecule has 1 aromatic carbocycles. The zero-order valence-corrected chi connectivity index (χ0v) is 16.4. The van der Waals surface area contributed by atoms with E-state index in [4.69, 9.17) is 9.47 Å². The molecule has 1 aliphatic heterocycles. The molecule has 1 saturated heterocycles. The van der Waals surface area contributed by atoms with Crippen LogP contribution < -0.4 is 4.90 Å². The molecule has 1 aliphatic rings. The lowest BCUT2D eigenvalue weighted by Crippen LogP contribution is -2.48. The molecule has 1 fully saturated rings. The molecule has 1 aromatic heterocycles. The largest absolute Gasteiger partial charge is 0.477 e. The van der Waals surface area contributed by atoms with Gasteiger partial charge in [-0.2, -0.15) is 0 Å². The lowest BCUT2D eigenvalue weighted by molar-refractivity contribution is -0.200. The summed E-state index contributed by atoms with van der Waals surface area (Å²) in [7, 11) is 0. The summed E-state index contributed by atoms with van der Waals surface area (Å²) in [5, 5.41) is 9.69. The second kappa shape index (κ2) is 8.21. The van der Waals surface area contributed by atoms with E-state index in [1.165, 1.54) is 4.90 Å². The third kappa shape index (κ3) is 4.21. The number of thiophene rings is 1. The highest BCUT2D eigenvalue weighted by Crippen LogP contribution is 2.38. The number of hydrogen-bond acceptors (Lipinski definition) is 5. The molecule has 2 heterocycles. The molecule has 27 heavy (non-hydrogen) atoms. The highest BCUT2D eigenvalue weighted by Gasteiger charge is 2.35. The van der Waals surface area contributed by atoms with Crippen LogP contribution in [0.2, 0.25) is 0 Å². The van der Waals surface area contributed by atoms with Gasteiger partial charge in [-0.15, -0.1) is 11.3 Å². The first kappa shape index (κ1) is 19.5. The van der Waals surface area contributed by atoms with Gasteiger partial charge in [0.2, 0.25) is 6.29 Å². The van der Waals surface area contributed by atoms with Crippen LogP contribution in [0.1, 0.15) is 30.4 Å². The van der Waals surface area contributed by atoms with E-state index in [2.05, 4.69) is 0 Å². The average molecular weight is 389 g/mol. The van der Waals surface area contributed by atoms with Crippen LogP contribution in [0.15, 0.2) is 36.4 Å². The summed E-state index contributed by atoms with van der Waals surface area (Å²) in [5.74, 6) is -1.21. The van der Waals surface area contributed by atoms with Crippen molar-refractivity contribution >= 4 is 28.9 Å². The van der Waals surface area contributed by atoms with Crippen molar-refractivity contribution in [3.05, 3.63) is 41.3 Å². The minimum absolute atomic E-state index is 0.125. The molecule has 0 saturated carbocycles. The van der Waals surface area contributed by atoms with E-state index >= 15 is 0 Å². The number of carboxylic acid groups (broad SMARTS) is 1. The molecule has 0 atom stereocenters. The number of carbonyl (C=O) groups is 2. The third-order valence-corrected chi connectivity index (χ3v) is 5.41. The highest BCUT2D eigenvalue weighted by molar-refractivity contribution is 7.18. The first-order chi connectivity index (χ1) is 12.9. The van der Waals surface area contributed by atoms with Crippen molar-refractivity contribution in [1.82, 2.24) is 0 Å².